The Morgan fingerprint density at radius 1 is 1.22 bits per heavy atom. The van der Waals surface area contributed by atoms with Crippen molar-refractivity contribution in [1.82, 2.24) is 20.0 Å². The first-order valence-electron chi connectivity index (χ1n) is 7.05. The summed E-state index contributed by atoms with van der Waals surface area (Å²) in [5, 5.41) is 17.1. The molecule has 2 heterocycles. The van der Waals surface area contributed by atoms with Crippen molar-refractivity contribution in [2.75, 3.05) is 0 Å². The predicted molar refractivity (Wildman–Crippen MR) is 83.8 cm³/mol. The SMILES string of the molecule is NCc1nnn(-c2ccc(CC(=O)O)cc2)c1-c1cccnc1. The van der Waals surface area contributed by atoms with E-state index < -0.39 is 5.97 Å². The number of hydrogen-bond acceptors (Lipinski definition) is 5. The molecule has 0 bridgehead atoms. The Hall–Kier alpha value is -3.06. The highest BCUT2D eigenvalue weighted by atomic mass is 16.4. The molecular weight excluding hydrogens is 294 g/mol. The number of benzene rings is 1. The number of hydrogen-bond donors (Lipinski definition) is 2. The molecule has 23 heavy (non-hydrogen) atoms. The first-order chi connectivity index (χ1) is 11.2. The van der Waals surface area contributed by atoms with Crippen LogP contribution in [0.2, 0.25) is 0 Å². The van der Waals surface area contributed by atoms with Crippen LogP contribution >= 0.6 is 0 Å². The topological polar surface area (TPSA) is 107 Å². The summed E-state index contributed by atoms with van der Waals surface area (Å²) in [6.07, 6.45) is 3.41. The van der Waals surface area contributed by atoms with Gasteiger partial charge in [-0.25, -0.2) is 4.68 Å². The molecule has 1 aromatic carbocycles. The third-order valence-electron chi connectivity index (χ3n) is 3.40. The van der Waals surface area contributed by atoms with E-state index in [9.17, 15) is 4.79 Å². The van der Waals surface area contributed by atoms with Crippen molar-refractivity contribution in [3.8, 4) is 16.9 Å². The molecule has 0 saturated heterocycles. The lowest BCUT2D eigenvalue weighted by molar-refractivity contribution is -0.136. The summed E-state index contributed by atoms with van der Waals surface area (Å²) in [7, 11) is 0. The fourth-order valence-corrected chi connectivity index (χ4v) is 2.35. The zero-order valence-corrected chi connectivity index (χ0v) is 12.3. The molecule has 2 aromatic heterocycles. The third-order valence-corrected chi connectivity index (χ3v) is 3.40. The highest BCUT2D eigenvalue weighted by molar-refractivity contribution is 5.70. The molecule has 3 rings (SSSR count). The van der Waals surface area contributed by atoms with Gasteiger partial charge in [0.25, 0.3) is 0 Å². The summed E-state index contributed by atoms with van der Waals surface area (Å²) < 4.78 is 1.68. The number of nitrogens with zero attached hydrogens (tertiary/aromatic N) is 4. The van der Waals surface area contributed by atoms with E-state index in [1.165, 1.54) is 0 Å². The Morgan fingerprint density at radius 2 is 2.00 bits per heavy atom. The molecule has 0 aliphatic carbocycles. The molecule has 0 saturated carbocycles. The summed E-state index contributed by atoms with van der Waals surface area (Å²) in [5.74, 6) is -0.861. The molecule has 0 unspecified atom stereocenters. The van der Waals surface area contributed by atoms with Gasteiger partial charge in [-0.15, -0.1) is 5.10 Å². The quantitative estimate of drug-likeness (QED) is 0.738. The monoisotopic (exact) mass is 309 g/mol. The van der Waals surface area contributed by atoms with Gasteiger partial charge in [0.1, 0.15) is 11.4 Å². The highest BCUT2D eigenvalue weighted by Crippen LogP contribution is 2.24. The van der Waals surface area contributed by atoms with Crippen LogP contribution in [0.3, 0.4) is 0 Å². The van der Waals surface area contributed by atoms with Gasteiger partial charge in [-0.1, -0.05) is 17.3 Å². The standard InChI is InChI=1S/C16H15N5O2/c17-9-14-16(12-2-1-7-18-10-12)21(20-19-14)13-5-3-11(4-6-13)8-15(22)23/h1-7,10H,8-9,17H2,(H,22,23). The van der Waals surface area contributed by atoms with Crippen LogP contribution < -0.4 is 5.73 Å². The van der Waals surface area contributed by atoms with Crippen molar-refractivity contribution >= 4 is 5.97 Å². The lowest BCUT2D eigenvalue weighted by Crippen LogP contribution is -2.04. The Balaban J connectivity index is 2.03. The zero-order valence-electron chi connectivity index (χ0n) is 12.3. The Kier molecular flexibility index (Phi) is 4.11. The van der Waals surface area contributed by atoms with Crippen LogP contribution in [0.1, 0.15) is 11.3 Å². The molecule has 0 atom stereocenters. The van der Waals surface area contributed by atoms with E-state index in [1.807, 2.05) is 24.3 Å². The second-order valence-electron chi connectivity index (χ2n) is 4.98. The molecule has 0 amide bonds. The number of carboxylic acid groups (broad SMARTS) is 1. The fraction of sp³-hybridized carbons (Fsp3) is 0.125. The number of carbonyl (C=O) groups is 1. The Bertz CT molecular complexity index is 812. The molecule has 3 aromatic rings. The van der Waals surface area contributed by atoms with E-state index in [1.54, 1.807) is 29.2 Å². The second kappa shape index (κ2) is 6.37. The summed E-state index contributed by atoms with van der Waals surface area (Å²) in [5.41, 5.74) is 9.59. The van der Waals surface area contributed by atoms with E-state index >= 15 is 0 Å². The summed E-state index contributed by atoms with van der Waals surface area (Å²) in [6, 6.07) is 10.9. The number of carboxylic acids is 1. The number of aliphatic carboxylic acids is 1. The molecular formula is C16H15N5O2. The average molecular weight is 309 g/mol. The summed E-state index contributed by atoms with van der Waals surface area (Å²) in [6.45, 7) is 0.265. The number of rotatable bonds is 5. The molecule has 0 radical (unpaired) electrons. The Morgan fingerprint density at radius 3 is 2.61 bits per heavy atom. The first kappa shape index (κ1) is 14.9. The normalized spacial score (nSPS) is 10.7. The van der Waals surface area contributed by atoms with Gasteiger partial charge in [0.15, 0.2) is 0 Å². The van der Waals surface area contributed by atoms with Gasteiger partial charge in [-0.2, -0.15) is 0 Å². The van der Waals surface area contributed by atoms with Crippen LogP contribution in [0.25, 0.3) is 16.9 Å². The lowest BCUT2D eigenvalue weighted by Gasteiger charge is -2.08. The van der Waals surface area contributed by atoms with E-state index in [-0.39, 0.29) is 13.0 Å². The molecule has 0 fully saturated rings. The highest BCUT2D eigenvalue weighted by Gasteiger charge is 2.15. The molecule has 0 spiro atoms. The fourth-order valence-electron chi connectivity index (χ4n) is 2.35. The van der Waals surface area contributed by atoms with Crippen LogP contribution in [-0.4, -0.2) is 31.1 Å². The summed E-state index contributed by atoms with van der Waals surface area (Å²) >= 11 is 0. The van der Waals surface area contributed by atoms with E-state index in [0.29, 0.717) is 5.69 Å². The first-order valence-corrected chi connectivity index (χ1v) is 7.05. The molecule has 3 N–H and O–H groups in total. The molecule has 0 aliphatic rings. The van der Waals surface area contributed by atoms with Crippen LogP contribution in [0.15, 0.2) is 48.8 Å². The minimum Gasteiger partial charge on any atom is -0.481 e. The molecule has 7 heteroatoms. The Labute approximate surface area is 132 Å². The second-order valence-corrected chi connectivity index (χ2v) is 4.98. The van der Waals surface area contributed by atoms with Gasteiger partial charge in [-0.3, -0.25) is 9.78 Å². The number of pyridine rings is 1. The predicted octanol–water partition coefficient (Wildman–Crippen LogP) is 1.42. The number of aromatic nitrogens is 4. The van der Waals surface area contributed by atoms with Crippen molar-refractivity contribution in [2.24, 2.45) is 5.73 Å². The van der Waals surface area contributed by atoms with Crippen LogP contribution in [0.4, 0.5) is 0 Å². The molecule has 7 nitrogen and oxygen atoms in total. The van der Waals surface area contributed by atoms with Gasteiger partial charge in [0.2, 0.25) is 0 Å². The van der Waals surface area contributed by atoms with Gasteiger partial charge in [0, 0.05) is 24.5 Å². The minimum absolute atomic E-state index is 0.0127. The maximum absolute atomic E-state index is 10.8. The maximum atomic E-state index is 10.8. The van der Waals surface area contributed by atoms with Gasteiger partial charge in [0.05, 0.1) is 12.1 Å². The van der Waals surface area contributed by atoms with E-state index in [4.69, 9.17) is 10.8 Å². The van der Waals surface area contributed by atoms with Crippen LogP contribution in [-0.2, 0) is 17.8 Å². The van der Waals surface area contributed by atoms with Crippen molar-refractivity contribution in [2.45, 2.75) is 13.0 Å². The largest absolute Gasteiger partial charge is 0.481 e. The minimum atomic E-state index is -0.861. The van der Waals surface area contributed by atoms with E-state index in [2.05, 4.69) is 15.3 Å². The van der Waals surface area contributed by atoms with Crippen molar-refractivity contribution in [3.63, 3.8) is 0 Å². The van der Waals surface area contributed by atoms with Crippen LogP contribution in [0, 0.1) is 0 Å². The smallest absolute Gasteiger partial charge is 0.307 e. The molecule has 0 aliphatic heterocycles. The van der Waals surface area contributed by atoms with Crippen molar-refractivity contribution in [3.05, 3.63) is 60.0 Å². The van der Waals surface area contributed by atoms with Crippen molar-refractivity contribution < 1.29 is 9.90 Å². The summed E-state index contributed by atoms with van der Waals surface area (Å²) in [4.78, 5) is 14.9. The van der Waals surface area contributed by atoms with Gasteiger partial charge in [-0.05, 0) is 29.8 Å². The molecule has 116 valence electrons. The van der Waals surface area contributed by atoms with Crippen molar-refractivity contribution in [1.29, 1.82) is 0 Å². The maximum Gasteiger partial charge on any atom is 0.307 e. The van der Waals surface area contributed by atoms with Gasteiger partial charge < -0.3 is 10.8 Å². The third kappa shape index (κ3) is 3.09. The average Bonchev–Trinajstić information content (AvgIpc) is 3.00. The van der Waals surface area contributed by atoms with Gasteiger partial charge >= 0.3 is 5.97 Å². The van der Waals surface area contributed by atoms with Crippen LogP contribution in [0.5, 0.6) is 0 Å². The zero-order chi connectivity index (χ0) is 16.2. The number of nitrogens with two attached hydrogens (primary N) is 1. The lowest BCUT2D eigenvalue weighted by atomic mass is 10.1. The van der Waals surface area contributed by atoms with E-state index in [0.717, 1.165) is 22.5 Å².